The summed E-state index contributed by atoms with van der Waals surface area (Å²) in [5.41, 5.74) is 8.85. The minimum Gasteiger partial charge on any atom is -0.375 e. The van der Waals surface area contributed by atoms with Crippen molar-refractivity contribution in [2.24, 2.45) is 5.11 Å². The zero-order valence-corrected chi connectivity index (χ0v) is 6.47. The molecule has 0 saturated carbocycles. The molecule has 0 aliphatic carbocycles. The van der Waals surface area contributed by atoms with E-state index in [1.54, 1.807) is 12.5 Å². The van der Waals surface area contributed by atoms with Crippen LogP contribution in [0.4, 0.5) is 0 Å². The zero-order chi connectivity index (χ0) is 8.65. The van der Waals surface area contributed by atoms with Gasteiger partial charge in [-0.1, -0.05) is 5.11 Å². The number of azide groups is 1. The molecule has 0 aromatic carbocycles. The number of nitrogens with one attached hydrogen (secondary N) is 1. The molecule has 0 radical (unpaired) electrons. The molecule has 0 fully saturated rings. The van der Waals surface area contributed by atoms with Gasteiger partial charge in [0.25, 0.3) is 0 Å². The second-order valence-electron chi connectivity index (χ2n) is 2.08. The van der Waals surface area contributed by atoms with Crippen molar-refractivity contribution < 1.29 is 4.74 Å². The maximum atomic E-state index is 7.94. The van der Waals surface area contributed by atoms with Gasteiger partial charge in [-0.25, -0.2) is 4.98 Å². The molecule has 12 heavy (non-hydrogen) atoms. The van der Waals surface area contributed by atoms with Gasteiger partial charge in [0.2, 0.25) is 0 Å². The molecule has 1 rings (SSSR count). The van der Waals surface area contributed by atoms with Crippen LogP contribution < -0.4 is 0 Å². The number of aromatic nitrogens is 2. The average molecular weight is 167 g/mol. The van der Waals surface area contributed by atoms with Crippen LogP contribution in [0.3, 0.4) is 0 Å². The molecule has 0 spiro atoms. The Morgan fingerprint density at radius 3 is 3.33 bits per heavy atom. The van der Waals surface area contributed by atoms with E-state index >= 15 is 0 Å². The first-order valence-electron chi connectivity index (χ1n) is 3.49. The Balaban J connectivity index is 2.07. The maximum Gasteiger partial charge on any atom is 0.0922 e. The van der Waals surface area contributed by atoms with Gasteiger partial charge in [0, 0.05) is 11.5 Å². The van der Waals surface area contributed by atoms with E-state index in [2.05, 4.69) is 20.0 Å². The van der Waals surface area contributed by atoms with Crippen molar-refractivity contribution in [2.75, 3.05) is 13.2 Å². The van der Waals surface area contributed by atoms with Gasteiger partial charge in [-0.15, -0.1) is 0 Å². The fraction of sp³-hybridized carbons (Fsp3) is 0.500. The van der Waals surface area contributed by atoms with Crippen molar-refractivity contribution in [3.8, 4) is 0 Å². The highest BCUT2D eigenvalue weighted by molar-refractivity contribution is 4.91. The van der Waals surface area contributed by atoms with Gasteiger partial charge in [0.05, 0.1) is 31.4 Å². The Kier molecular flexibility index (Phi) is 3.70. The molecule has 0 aliphatic heterocycles. The molecule has 1 aromatic heterocycles. The predicted molar refractivity (Wildman–Crippen MR) is 42.3 cm³/mol. The maximum absolute atomic E-state index is 7.94. The molecule has 1 heterocycles. The SMILES string of the molecule is [N-]=[N+]=NCCOCc1cnc[nH]1. The van der Waals surface area contributed by atoms with Crippen molar-refractivity contribution in [3.05, 3.63) is 28.7 Å². The standard InChI is InChI=1S/C6H9N5O/c7-11-10-1-2-12-4-6-3-8-5-9-6/h3,5H,1-2,4H2,(H,8,9). The zero-order valence-electron chi connectivity index (χ0n) is 6.47. The summed E-state index contributed by atoms with van der Waals surface area (Å²) in [5.74, 6) is 0. The number of aromatic amines is 1. The Morgan fingerprint density at radius 1 is 1.75 bits per heavy atom. The van der Waals surface area contributed by atoms with Crippen LogP contribution in [0.2, 0.25) is 0 Å². The summed E-state index contributed by atoms with van der Waals surface area (Å²) in [6.07, 6.45) is 3.28. The van der Waals surface area contributed by atoms with Crippen LogP contribution in [-0.2, 0) is 11.3 Å². The first-order valence-corrected chi connectivity index (χ1v) is 3.49. The van der Waals surface area contributed by atoms with Crippen molar-refractivity contribution in [2.45, 2.75) is 6.61 Å². The number of nitrogens with zero attached hydrogens (tertiary/aromatic N) is 4. The molecular weight excluding hydrogens is 158 g/mol. The van der Waals surface area contributed by atoms with E-state index in [0.717, 1.165) is 5.69 Å². The van der Waals surface area contributed by atoms with Crippen LogP contribution in [0.5, 0.6) is 0 Å². The topological polar surface area (TPSA) is 86.7 Å². The lowest BCUT2D eigenvalue weighted by Gasteiger charge is -1.97. The van der Waals surface area contributed by atoms with Gasteiger partial charge in [-0.3, -0.25) is 0 Å². The lowest BCUT2D eigenvalue weighted by atomic mass is 10.5. The largest absolute Gasteiger partial charge is 0.375 e. The summed E-state index contributed by atoms with van der Waals surface area (Å²) in [5, 5.41) is 3.32. The molecule has 0 unspecified atom stereocenters. The van der Waals surface area contributed by atoms with Gasteiger partial charge in [0.15, 0.2) is 0 Å². The molecular formula is C6H9N5O. The molecule has 6 nitrogen and oxygen atoms in total. The second-order valence-corrected chi connectivity index (χ2v) is 2.08. The summed E-state index contributed by atoms with van der Waals surface area (Å²) in [7, 11) is 0. The molecule has 0 saturated heterocycles. The predicted octanol–water partition coefficient (Wildman–Crippen LogP) is 1.24. The molecule has 0 atom stereocenters. The lowest BCUT2D eigenvalue weighted by molar-refractivity contribution is 0.126. The number of H-pyrrole nitrogens is 1. The number of imidazole rings is 1. The fourth-order valence-corrected chi connectivity index (χ4v) is 0.696. The third kappa shape index (κ3) is 3.05. The summed E-state index contributed by atoms with van der Waals surface area (Å²) in [4.78, 5) is 9.30. The highest BCUT2D eigenvalue weighted by Crippen LogP contribution is 1.93. The number of hydrogen-bond donors (Lipinski definition) is 1. The summed E-state index contributed by atoms with van der Waals surface area (Å²) in [6.45, 7) is 1.27. The van der Waals surface area contributed by atoms with Crippen molar-refractivity contribution in [1.29, 1.82) is 0 Å². The van der Waals surface area contributed by atoms with Crippen LogP contribution in [0.25, 0.3) is 10.4 Å². The third-order valence-electron chi connectivity index (χ3n) is 1.21. The molecule has 64 valence electrons. The summed E-state index contributed by atoms with van der Waals surface area (Å²) < 4.78 is 5.14. The molecule has 0 bridgehead atoms. The molecule has 0 amide bonds. The summed E-state index contributed by atoms with van der Waals surface area (Å²) in [6, 6.07) is 0. The second kappa shape index (κ2) is 5.17. The minimum atomic E-state index is 0.366. The van der Waals surface area contributed by atoms with Crippen LogP contribution >= 0.6 is 0 Å². The van der Waals surface area contributed by atoms with Crippen LogP contribution in [0, 0.1) is 0 Å². The fourth-order valence-electron chi connectivity index (χ4n) is 0.696. The smallest absolute Gasteiger partial charge is 0.0922 e. The highest BCUT2D eigenvalue weighted by Gasteiger charge is 1.91. The first-order chi connectivity index (χ1) is 5.93. The van der Waals surface area contributed by atoms with Crippen molar-refractivity contribution >= 4 is 0 Å². The van der Waals surface area contributed by atoms with Crippen molar-refractivity contribution in [1.82, 2.24) is 9.97 Å². The normalized spacial score (nSPS) is 9.33. The van der Waals surface area contributed by atoms with Crippen LogP contribution in [0.1, 0.15) is 5.69 Å². The Bertz CT molecular complexity index is 251. The molecule has 0 aliphatic rings. The molecule has 1 N–H and O–H groups in total. The van der Waals surface area contributed by atoms with E-state index in [9.17, 15) is 0 Å². The average Bonchev–Trinajstić information content (AvgIpc) is 2.57. The minimum absolute atomic E-state index is 0.366. The van der Waals surface area contributed by atoms with Gasteiger partial charge in [0.1, 0.15) is 0 Å². The summed E-state index contributed by atoms with van der Waals surface area (Å²) >= 11 is 0. The van der Waals surface area contributed by atoms with E-state index in [1.807, 2.05) is 0 Å². The number of ether oxygens (including phenoxy) is 1. The Labute approximate surface area is 69.2 Å². The number of hydrogen-bond acceptors (Lipinski definition) is 3. The van der Waals surface area contributed by atoms with Gasteiger partial charge >= 0.3 is 0 Å². The molecule has 6 heteroatoms. The monoisotopic (exact) mass is 167 g/mol. The van der Waals surface area contributed by atoms with E-state index in [4.69, 9.17) is 10.3 Å². The molecule has 1 aromatic rings. The first kappa shape index (κ1) is 8.58. The van der Waals surface area contributed by atoms with Crippen LogP contribution in [0.15, 0.2) is 17.6 Å². The quantitative estimate of drug-likeness (QED) is 0.309. The van der Waals surface area contributed by atoms with E-state index < -0.39 is 0 Å². The van der Waals surface area contributed by atoms with E-state index in [0.29, 0.717) is 19.8 Å². The van der Waals surface area contributed by atoms with Crippen molar-refractivity contribution in [3.63, 3.8) is 0 Å². The lowest BCUT2D eigenvalue weighted by Crippen LogP contribution is -1.97. The van der Waals surface area contributed by atoms with Gasteiger partial charge < -0.3 is 9.72 Å². The van der Waals surface area contributed by atoms with Crippen LogP contribution in [-0.4, -0.2) is 23.1 Å². The highest BCUT2D eigenvalue weighted by atomic mass is 16.5. The van der Waals surface area contributed by atoms with E-state index in [1.165, 1.54) is 0 Å². The third-order valence-corrected chi connectivity index (χ3v) is 1.21. The van der Waals surface area contributed by atoms with E-state index in [-0.39, 0.29) is 0 Å². The Morgan fingerprint density at radius 2 is 2.67 bits per heavy atom. The number of rotatable bonds is 5. The van der Waals surface area contributed by atoms with Gasteiger partial charge in [-0.05, 0) is 5.53 Å². The van der Waals surface area contributed by atoms with Gasteiger partial charge in [-0.2, -0.15) is 0 Å². The Hall–Kier alpha value is -1.52.